The van der Waals surface area contributed by atoms with Crippen molar-refractivity contribution in [2.45, 2.75) is 187 Å². The van der Waals surface area contributed by atoms with Crippen LogP contribution in [0.2, 0.25) is 0 Å². The highest BCUT2D eigenvalue weighted by molar-refractivity contribution is 7.47. The summed E-state index contributed by atoms with van der Waals surface area (Å²) < 4.78 is 47.6. The Morgan fingerprint density at radius 1 is 0.596 bits per heavy atom. The summed E-state index contributed by atoms with van der Waals surface area (Å²) in [5, 5.41) is 9.73. The standard InChI is InChI=1S/C41H76O14P2/c1-4-5-6-7-13-18-23-28-37(42)29-24-19-16-21-25-30-40(44)51-34-39(35-54-57(49,50)53-33-38(43)32-52-56(46,47)48)55-41(45)31-26-20-15-12-10-8-9-11-14-17-22-27-36(2)3/h13,18,23,28,36,38-39,43H,4-12,14-17,19-22,24-27,29-35H2,1-3H3,(H,49,50)(H2,46,47,48)/b18-13-,28-23+/t38-,39+/m0/s1. The van der Waals surface area contributed by atoms with Gasteiger partial charge in [0, 0.05) is 19.3 Å². The second-order valence-electron chi connectivity index (χ2n) is 15.1. The molecule has 0 spiro atoms. The van der Waals surface area contributed by atoms with Gasteiger partial charge in [0.2, 0.25) is 0 Å². The maximum absolute atomic E-state index is 12.6. The first-order chi connectivity index (χ1) is 27.1. The number of carbonyl (C=O) groups is 3. The van der Waals surface area contributed by atoms with Gasteiger partial charge >= 0.3 is 27.6 Å². The molecule has 0 radical (unpaired) electrons. The van der Waals surface area contributed by atoms with Crippen molar-refractivity contribution in [3.8, 4) is 0 Å². The van der Waals surface area contributed by atoms with Crippen molar-refractivity contribution in [1.82, 2.24) is 0 Å². The van der Waals surface area contributed by atoms with E-state index in [2.05, 4.69) is 35.9 Å². The smallest absolute Gasteiger partial charge is 0.462 e. The number of ether oxygens (including phenoxy) is 2. The Balaban J connectivity index is 4.60. The van der Waals surface area contributed by atoms with Crippen LogP contribution in [0.1, 0.15) is 175 Å². The molecule has 0 aliphatic rings. The van der Waals surface area contributed by atoms with Crippen LogP contribution in [0.4, 0.5) is 0 Å². The van der Waals surface area contributed by atoms with Crippen LogP contribution in [-0.4, -0.2) is 76.1 Å². The SMILES string of the molecule is CCCCC/C=C\C=C\C(=O)CCCCCCCC(=O)OC[C@H](COP(=O)(O)OC[C@@H](O)COP(=O)(O)O)OC(=O)CCCCCCCCCCCCCC(C)C. The Labute approximate surface area is 342 Å². The van der Waals surface area contributed by atoms with Crippen molar-refractivity contribution < 1.29 is 66.3 Å². The van der Waals surface area contributed by atoms with Crippen molar-refractivity contribution in [3.05, 3.63) is 24.3 Å². The molecule has 0 saturated carbocycles. The van der Waals surface area contributed by atoms with Gasteiger partial charge in [-0.05, 0) is 44.1 Å². The fourth-order valence-corrected chi connectivity index (χ4v) is 6.85. The molecule has 57 heavy (non-hydrogen) atoms. The summed E-state index contributed by atoms with van der Waals surface area (Å²) in [6, 6.07) is 0. The Hall–Kier alpha value is -1.73. The van der Waals surface area contributed by atoms with Gasteiger partial charge in [0.25, 0.3) is 0 Å². The van der Waals surface area contributed by atoms with Gasteiger partial charge in [0.1, 0.15) is 12.7 Å². The third-order valence-electron chi connectivity index (χ3n) is 8.99. The fraction of sp³-hybridized carbons (Fsp3) is 0.829. The first-order valence-corrected chi connectivity index (χ1v) is 24.4. The largest absolute Gasteiger partial charge is 0.472 e. The molecule has 0 heterocycles. The summed E-state index contributed by atoms with van der Waals surface area (Å²) in [5.74, 6) is -0.259. The number of aliphatic hydroxyl groups is 1. The second kappa shape index (κ2) is 36.1. The van der Waals surface area contributed by atoms with Crippen LogP contribution in [0.5, 0.6) is 0 Å². The molecule has 14 nitrogen and oxygen atoms in total. The minimum atomic E-state index is -4.87. The highest BCUT2D eigenvalue weighted by atomic mass is 31.2. The van der Waals surface area contributed by atoms with Crippen LogP contribution in [0.25, 0.3) is 0 Å². The first kappa shape index (κ1) is 55.3. The third kappa shape index (κ3) is 40.8. The molecule has 0 saturated heterocycles. The quantitative estimate of drug-likeness (QED) is 0.0149. The monoisotopic (exact) mass is 854 g/mol. The number of phosphoric ester groups is 2. The van der Waals surface area contributed by atoms with E-state index in [4.69, 9.17) is 23.8 Å². The summed E-state index contributed by atoms with van der Waals surface area (Å²) in [7, 11) is -9.70. The predicted molar refractivity (Wildman–Crippen MR) is 221 cm³/mol. The van der Waals surface area contributed by atoms with Gasteiger partial charge in [-0.15, -0.1) is 0 Å². The molecule has 0 aromatic carbocycles. The van der Waals surface area contributed by atoms with E-state index >= 15 is 0 Å². The summed E-state index contributed by atoms with van der Waals surface area (Å²) in [5.41, 5.74) is 0. The van der Waals surface area contributed by atoms with E-state index < -0.39 is 66.2 Å². The zero-order valence-corrected chi connectivity index (χ0v) is 36.9. The fourth-order valence-electron chi connectivity index (χ4n) is 5.69. The van der Waals surface area contributed by atoms with E-state index in [0.29, 0.717) is 19.3 Å². The average Bonchev–Trinajstić information content (AvgIpc) is 3.14. The molecule has 4 N–H and O–H groups in total. The Kier molecular flexibility index (Phi) is 35.1. The number of hydrogen-bond acceptors (Lipinski definition) is 11. The maximum Gasteiger partial charge on any atom is 0.472 e. The second-order valence-corrected chi connectivity index (χ2v) is 17.8. The lowest BCUT2D eigenvalue weighted by molar-refractivity contribution is -0.161. The molecule has 0 aromatic rings. The topological polar surface area (TPSA) is 212 Å². The number of carbonyl (C=O) groups excluding carboxylic acids is 3. The molecule has 0 amide bonds. The minimum Gasteiger partial charge on any atom is -0.462 e. The van der Waals surface area contributed by atoms with E-state index in [0.717, 1.165) is 70.1 Å². The Morgan fingerprint density at radius 3 is 1.67 bits per heavy atom. The van der Waals surface area contributed by atoms with E-state index in [1.165, 1.54) is 57.8 Å². The minimum absolute atomic E-state index is 0.0876. The number of phosphoric acid groups is 2. The Bertz CT molecular complexity index is 1190. The van der Waals surface area contributed by atoms with E-state index in [-0.39, 0.29) is 18.6 Å². The predicted octanol–water partition coefficient (Wildman–Crippen LogP) is 9.77. The van der Waals surface area contributed by atoms with Gasteiger partial charge in [-0.1, -0.05) is 142 Å². The van der Waals surface area contributed by atoms with Crippen molar-refractivity contribution in [3.63, 3.8) is 0 Å². The van der Waals surface area contributed by atoms with Gasteiger partial charge in [0.15, 0.2) is 11.9 Å². The number of esters is 2. The maximum atomic E-state index is 12.6. The average molecular weight is 855 g/mol. The number of rotatable bonds is 40. The van der Waals surface area contributed by atoms with Crippen molar-refractivity contribution >= 4 is 33.4 Å². The van der Waals surface area contributed by atoms with Gasteiger partial charge in [-0.3, -0.25) is 28.0 Å². The summed E-state index contributed by atoms with van der Waals surface area (Å²) in [6.07, 6.45) is 27.2. The van der Waals surface area contributed by atoms with Gasteiger partial charge in [-0.25, -0.2) is 9.13 Å². The lowest BCUT2D eigenvalue weighted by atomic mass is 10.0. The van der Waals surface area contributed by atoms with Crippen LogP contribution < -0.4 is 0 Å². The van der Waals surface area contributed by atoms with Crippen molar-refractivity contribution in [1.29, 1.82) is 0 Å². The van der Waals surface area contributed by atoms with Gasteiger partial charge < -0.3 is 29.3 Å². The van der Waals surface area contributed by atoms with Crippen molar-refractivity contribution in [2.75, 3.05) is 26.4 Å². The zero-order chi connectivity index (χ0) is 42.6. The van der Waals surface area contributed by atoms with Crippen LogP contribution in [0, 0.1) is 5.92 Å². The molecule has 1 unspecified atom stereocenters. The molecule has 16 heteroatoms. The van der Waals surface area contributed by atoms with Crippen molar-refractivity contribution in [2.24, 2.45) is 5.92 Å². The molecule has 0 bridgehead atoms. The lowest BCUT2D eigenvalue weighted by Crippen LogP contribution is -2.30. The summed E-state index contributed by atoms with van der Waals surface area (Å²) in [6.45, 7) is 3.88. The lowest BCUT2D eigenvalue weighted by Gasteiger charge is -2.20. The van der Waals surface area contributed by atoms with Crippen LogP contribution >= 0.6 is 15.6 Å². The summed E-state index contributed by atoms with van der Waals surface area (Å²) in [4.78, 5) is 64.6. The highest BCUT2D eigenvalue weighted by Gasteiger charge is 2.28. The molecule has 0 aliphatic carbocycles. The van der Waals surface area contributed by atoms with Crippen LogP contribution in [0.15, 0.2) is 24.3 Å². The number of ketones is 1. The molecule has 0 aromatic heterocycles. The highest BCUT2D eigenvalue weighted by Crippen LogP contribution is 2.43. The molecule has 3 atom stereocenters. The van der Waals surface area contributed by atoms with Gasteiger partial charge in [-0.2, -0.15) is 0 Å². The number of aliphatic hydroxyl groups excluding tert-OH is 1. The molecular formula is C41H76O14P2. The first-order valence-electron chi connectivity index (χ1n) is 21.3. The third-order valence-corrected chi connectivity index (χ3v) is 10.4. The number of hydrogen-bond donors (Lipinski definition) is 4. The Morgan fingerprint density at radius 2 is 1.11 bits per heavy atom. The molecule has 334 valence electrons. The molecule has 0 rings (SSSR count). The molecular weight excluding hydrogens is 778 g/mol. The van der Waals surface area contributed by atoms with Crippen LogP contribution in [0.3, 0.4) is 0 Å². The van der Waals surface area contributed by atoms with E-state index in [1.807, 2.05) is 6.08 Å². The van der Waals surface area contributed by atoms with Gasteiger partial charge in [0.05, 0.1) is 19.8 Å². The van der Waals surface area contributed by atoms with E-state index in [1.54, 1.807) is 12.2 Å². The molecule has 0 fully saturated rings. The zero-order valence-electron chi connectivity index (χ0n) is 35.1. The number of allylic oxidation sites excluding steroid dienone is 4. The molecule has 0 aliphatic heterocycles. The van der Waals surface area contributed by atoms with Crippen LogP contribution in [-0.2, 0) is 46.6 Å². The summed E-state index contributed by atoms with van der Waals surface area (Å²) >= 11 is 0. The van der Waals surface area contributed by atoms with E-state index in [9.17, 15) is 33.5 Å². The normalized spacial score (nSPS) is 14.3. The number of unbranched alkanes of at least 4 members (excludes halogenated alkanes) is 17.